The van der Waals surface area contributed by atoms with Crippen LogP contribution in [0.3, 0.4) is 0 Å². The lowest BCUT2D eigenvalue weighted by molar-refractivity contribution is 0.285. The van der Waals surface area contributed by atoms with Gasteiger partial charge in [-0.2, -0.15) is 0 Å². The van der Waals surface area contributed by atoms with E-state index in [0.29, 0.717) is 13.0 Å². The molecular weight excluding hydrogens is 226 g/mol. The first-order valence-electron chi connectivity index (χ1n) is 5.08. The van der Waals surface area contributed by atoms with Crippen molar-refractivity contribution in [3.8, 4) is 5.75 Å². The van der Waals surface area contributed by atoms with Crippen molar-refractivity contribution in [3.63, 3.8) is 0 Å². The van der Waals surface area contributed by atoms with E-state index in [2.05, 4.69) is 0 Å². The first kappa shape index (κ1) is 13.0. The molecule has 0 aromatic heterocycles. The largest absolute Gasteiger partial charge is 0.492 e. The maximum absolute atomic E-state index is 10.9. The van der Waals surface area contributed by atoms with E-state index in [9.17, 15) is 8.42 Å². The molecule has 0 aliphatic rings. The van der Waals surface area contributed by atoms with E-state index in [-0.39, 0.29) is 11.8 Å². The zero-order chi connectivity index (χ0) is 12.0. The Morgan fingerprint density at radius 3 is 2.50 bits per heavy atom. The summed E-state index contributed by atoms with van der Waals surface area (Å²) in [4.78, 5) is 0. The molecule has 1 rings (SSSR count). The van der Waals surface area contributed by atoms with Gasteiger partial charge in [0.2, 0.25) is 0 Å². The zero-order valence-electron chi connectivity index (χ0n) is 9.30. The highest BCUT2D eigenvalue weighted by Crippen LogP contribution is 2.08. The van der Waals surface area contributed by atoms with Gasteiger partial charge in [-0.3, -0.25) is 0 Å². The number of ether oxygens (including phenoxy) is 1. The van der Waals surface area contributed by atoms with Gasteiger partial charge in [0.15, 0.2) is 0 Å². The van der Waals surface area contributed by atoms with Gasteiger partial charge in [0, 0.05) is 12.3 Å². The molecule has 0 aliphatic carbocycles. The molecule has 16 heavy (non-hydrogen) atoms. The predicted octanol–water partition coefficient (Wildman–Crippen LogP) is 0.827. The quantitative estimate of drug-likeness (QED) is 0.803. The highest BCUT2D eigenvalue weighted by molar-refractivity contribution is 7.90. The van der Waals surface area contributed by atoms with Crippen molar-refractivity contribution < 1.29 is 13.2 Å². The number of para-hydroxylation sites is 1. The van der Waals surface area contributed by atoms with Crippen molar-refractivity contribution in [1.29, 1.82) is 0 Å². The molecule has 0 saturated heterocycles. The number of nitrogens with two attached hydrogens (primary N) is 1. The van der Waals surface area contributed by atoms with Crippen LogP contribution in [0, 0.1) is 0 Å². The first-order valence-corrected chi connectivity index (χ1v) is 7.14. The normalized spacial score (nSPS) is 13.4. The summed E-state index contributed by atoms with van der Waals surface area (Å²) in [7, 11) is -2.94. The average molecular weight is 243 g/mol. The van der Waals surface area contributed by atoms with Gasteiger partial charge in [-0.05, 0) is 18.6 Å². The van der Waals surface area contributed by atoms with Gasteiger partial charge in [-0.1, -0.05) is 18.2 Å². The fourth-order valence-corrected chi connectivity index (χ4v) is 1.90. The molecule has 0 saturated carbocycles. The lowest BCUT2D eigenvalue weighted by Gasteiger charge is -2.12. The van der Waals surface area contributed by atoms with E-state index in [1.807, 2.05) is 30.3 Å². The Hall–Kier alpha value is -1.07. The summed E-state index contributed by atoms with van der Waals surface area (Å²) in [6.45, 7) is 0.333. The summed E-state index contributed by atoms with van der Waals surface area (Å²) in [6.07, 6.45) is 1.63. The topological polar surface area (TPSA) is 69.4 Å². The predicted molar refractivity (Wildman–Crippen MR) is 64.2 cm³/mol. The van der Waals surface area contributed by atoms with Crippen LogP contribution in [0.15, 0.2) is 30.3 Å². The maximum atomic E-state index is 10.9. The van der Waals surface area contributed by atoms with E-state index >= 15 is 0 Å². The van der Waals surface area contributed by atoms with Crippen molar-refractivity contribution in [2.75, 3.05) is 18.6 Å². The molecule has 2 N–H and O–H groups in total. The summed E-state index contributed by atoms with van der Waals surface area (Å²) in [5, 5.41) is 0. The Morgan fingerprint density at radius 2 is 1.94 bits per heavy atom. The molecule has 1 atom stereocenters. The Morgan fingerprint density at radius 1 is 1.31 bits per heavy atom. The monoisotopic (exact) mass is 243 g/mol. The minimum atomic E-state index is -2.94. The minimum Gasteiger partial charge on any atom is -0.492 e. The van der Waals surface area contributed by atoms with Crippen LogP contribution < -0.4 is 10.5 Å². The van der Waals surface area contributed by atoms with Crippen molar-refractivity contribution in [2.45, 2.75) is 12.5 Å². The molecule has 0 bridgehead atoms. The van der Waals surface area contributed by atoms with E-state index in [1.165, 1.54) is 6.26 Å². The van der Waals surface area contributed by atoms with E-state index in [0.717, 1.165) is 5.75 Å². The van der Waals surface area contributed by atoms with Crippen LogP contribution in [-0.4, -0.2) is 33.1 Å². The summed E-state index contributed by atoms with van der Waals surface area (Å²) < 4.78 is 27.2. The summed E-state index contributed by atoms with van der Waals surface area (Å²) in [6, 6.07) is 9.06. The number of sulfone groups is 1. The summed E-state index contributed by atoms with van der Waals surface area (Å²) in [5.41, 5.74) is 5.74. The Bertz CT molecular complexity index is 402. The highest BCUT2D eigenvalue weighted by atomic mass is 32.2. The van der Waals surface area contributed by atoms with Crippen LogP contribution in [0.25, 0.3) is 0 Å². The molecular formula is C11H17NO3S. The van der Waals surface area contributed by atoms with Crippen molar-refractivity contribution in [2.24, 2.45) is 5.73 Å². The molecule has 5 heteroatoms. The SMILES string of the molecule is CS(=O)(=O)CCC(N)COc1ccccc1. The lowest BCUT2D eigenvalue weighted by atomic mass is 10.2. The molecule has 1 aromatic rings. The van der Waals surface area contributed by atoms with Crippen LogP contribution >= 0.6 is 0 Å². The van der Waals surface area contributed by atoms with Gasteiger partial charge in [0.05, 0.1) is 5.75 Å². The number of benzene rings is 1. The number of rotatable bonds is 6. The third-order valence-corrected chi connectivity index (χ3v) is 3.04. The third-order valence-electron chi connectivity index (χ3n) is 2.07. The fraction of sp³-hybridized carbons (Fsp3) is 0.455. The second-order valence-electron chi connectivity index (χ2n) is 3.80. The lowest BCUT2D eigenvalue weighted by Crippen LogP contribution is -2.30. The van der Waals surface area contributed by atoms with Gasteiger partial charge in [0.1, 0.15) is 22.2 Å². The van der Waals surface area contributed by atoms with E-state index in [4.69, 9.17) is 10.5 Å². The van der Waals surface area contributed by atoms with E-state index in [1.54, 1.807) is 0 Å². The second-order valence-corrected chi connectivity index (χ2v) is 6.06. The second kappa shape index (κ2) is 5.86. The molecule has 4 nitrogen and oxygen atoms in total. The van der Waals surface area contributed by atoms with Crippen LogP contribution in [0.4, 0.5) is 0 Å². The first-order chi connectivity index (χ1) is 7.47. The molecule has 90 valence electrons. The van der Waals surface area contributed by atoms with Gasteiger partial charge in [0.25, 0.3) is 0 Å². The molecule has 0 amide bonds. The fourth-order valence-electron chi connectivity index (χ4n) is 1.17. The van der Waals surface area contributed by atoms with Crippen LogP contribution in [-0.2, 0) is 9.84 Å². The molecule has 0 fully saturated rings. The van der Waals surface area contributed by atoms with Crippen LogP contribution in [0.2, 0.25) is 0 Å². The van der Waals surface area contributed by atoms with Crippen LogP contribution in [0.1, 0.15) is 6.42 Å². The zero-order valence-corrected chi connectivity index (χ0v) is 10.1. The molecule has 1 aromatic carbocycles. The third kappa shape index (κ3) is 5.72. The highest BCUT2D eigenvalue weighted by Gasteiger charge is 2.08. The maximum Gasteiger partial charge on any atom is 0.147 e. The Balaban J connectivity index is 2.28. The van der Waals surface area contributed by atoms with Gasteiger partial charge >= 0.3 is 0 Å². The van der Waals surface area contributed by atoms with E-state index < -0.39 is 9.84 Å². The van der Waals surface area contributed by atoms with Gasteiger partial charge in [-0.15, -0.1) is 0 Å². The smallest absolute Gasteiger partial charge is 0.147 e. The summed E-state index contributed by atoms with van der Waals surface area (Å²) >= 11 is 0. The van der Waals surface area contributed by atoms with Crippen LogP contribution in [0.5, 0.6) is 5.75 Å². The van der Waals surface area contributed by atoms with Gasteiger partial charge < -0.3 is 10.5 Å². The molecule has 0 radical (unpaired) electrons. The standard InChI is InChI=1S/C11H17NO3S/c1-16(13,14)8-7-10(12)9-15-11-5-3-2-4-6-11/h2-6,10H,7-9,12H2,1H3. The Labute approximate surface area is 96.3 Å². The number of hydrogen-bond acceptors (Lipinski definition) is 4. The molecule has 1 unspecified atom stereocenters. The average Bonchev–Trinajstić information content (AvgIpc) is 2.24. The molecule has 0 spiro atoms. The van der Waals surface area contributed by atoms with Crippen molar-refractivity contribution in [1.82, 2.24) is 0 Å². The van der Waals surface area contributed by atoms with Crippen molar-refractivity contribution >= 4 is 9.84 Å². The Kier molecular flexibility index (Phi) is 4.76. The molecule has 0 heterocycles. The number of hydrogen-bond donors (Lipinski definition) is 1. The van der Waals surface area contributed by atoms with Crippen molar-refractivity contribution in [3.05, 3.63) is 30.3 Å². The summed E-state index contributed by atoms with van der Waals surface area (Å²) in [5.74, 6) is 0.851. The van der Waals surface area contributed by atoms with Gasteiger partial charge in [-0.25, -0.2) is 8.42 Å². The minimum absolute atomic E-state index is 0.103. The molecule has 0 aliphatic heterocycles.